The van der Waals surface area contributed by atoms with E-state index in [1.165, 1.54) is 18.2 Å². The molecule has 0 heterocycles. The molecule has 1 aromatic carbocycles. The quantitative estimate of drug-likeness (QED) is 0.679. The van der Waals surface area contributed by atoms with Crippen LogP contribution in [0.25, 0.3) is 4.91 Å². The molecule has 1 unspecified atom stereocenters. The van der Waals surface area contributed by atoms with Crippen LogP contribution < -0.4 is 0 Å². The third-order valence-corrected chi connectivity index (χ3v) is 4.07. The molecule has 11 heteroatoms. The van der Waals surface area contributed by atoms with Crippen molar-refractivity contribution < 1.29 is 43.7 Å². The van der Waals surface area contributed by atoms with Gasteiger partial charge in [0.25, 0.3) is 0 Å². The summed E-state index contributed by atoms with van der Waals surface area (Å²) in [7, 11) is -4.23. The summed E-state index contributed by atoms with van der Waals surface area (Å²) in [6, 6.07) is 5.77. The Morgan fingerprint density at radius 3 is 1.65 bits per heavy atom. The molecule has 0 N–H and O–H groups in total. The first-order chi connectivity index (χ1) is 10.2. The van der Waals surface area contributed by atoms with Crippen LogP contribution in [0.1, 0.15) is 5.56 Å². The van der Waals surface area contributed by atoms with Crippen molar-refractivity contribution in [2.75, 3.05) is 0 Å². The van der Waals surface area contributed by atoms with Gasteiger partial charge in [-0.1, -0.05) is 36.9 Å². The maximum absolute atomic E-state index is 13.5. The summed E-state index contributed by atoms with van der Waals surface area (Å²) in [6.07, 6.45) is -6.96. The van der Waals surface area contributed by atoms with Crippen LogP contribution in [0, 0.1) is 0 Å². The zero-order valence-corrected chi connectivity index (χ0v) is 11.6. The highest BCUT2D eigenvalue weighted by Crippen LogP contribution is 2.55. The summed E-state index contributed by atoms with van der Waals surface area (Å²) in [5, 5.41) is -6.21. The number of benzene rings is 1. The third-order valence-electron chi connectivity index (χ3n) is 2.67. The van der Waals surface area contributed by atoms with Crippen LogP contribution in [0.5, 0.6) is 0 Å². The molecule has 0 fully saturated rings. The Hall–Kier alpha value is -1.52. The van der Waals surface area contributed by atoms with Gasteiger partial charge in [-0.05, 0) is 5.56 Å². The Labute approximate surface area is 126 Å². The molecule has 0 saturated heterocycles. The lowest BCUT2D eigenvalue weighted by Crippen LogP contribution is -2.62. The first-order valence-corrected chi connectivity index (χ1v) is 6.69. The minimum absolute atomic E-state index is 0.378. The average molecular weight is 370 g/mol. The Kier molecular flexibility index (Phi) is 4.96. The van der Waals surface area contributed by atoms with Crippen LogP contribution >= 0.6 is 0 Å². The van der Waals surface area contributed by atoms with Crippen LogP contribution in [-0.2, 0) is 10.8 Å². The number of hydrogen-bond donors (Lipinski definition) is 0. The van der Waals surface area contributed by atoms with Crippen molar-refractivity contribution in [3.05, 3.63) is 42.5 Å². The molecule has 1 atom stereocenters. The molecule has 0 aliphatic carbocycles. The summed E-state index contributed by atoms with van der Waals surface area (Å²) in [4.78, 5) is -1.21. The Bertz CT molecular complexity index is 607. The predicted molar refractivity (Wildman–Crippen MR) is 64.5 cm³/mol. The number of alkyl halides is 9. The van der Waals surface area contributed by atoms with Gasteiger partial charge in [0.1, 0.15) is 10.8 Å². The predicted octanol–water partition coefficient (Wildman–Crippen LogP) is 4.83. The third kappa shape index (κ3) is 3.10. The Morgan fingerprint density at radius 2 is 1.26 bits per heavy atom. The van der Waals surface area contributed by atoms with Gasteiger partial charge in [-0.3, -0.25) is 0 Å². The van der Waals surface area contributed by atoms with Crippen molar-refractivity contribution >= 4 is 15.7 Å². The fourth-order valence-electron chi connectivity index (χ4n) is 1.36. The van der Waals surface area contributed by atoms with Gasteiger partial charge in [0.2, 0.25) is 0 Å². The second-order valence-electron chi connectivity index (χ2n) is 4.22. The molecule has 0 aromatic heterocycles. The molecule has 0 amide bonds. The molecule has 0 bridgehead atoms. The summed E-state index contributed by atoms with van der Waals surface area (Å²) in [5.41, 5.74) is -0.378. The largest absolute Gasteiger partial charge is 0.460 e. The summed E-state index contributed by atoms with van der Waals surface area (Å²) < 4.78 is 126. The fraction of sp³-hybridized carbons (Fsp3) is 0.333. The van der Waals surface area contributed by atoms with E-state index in [1.54, 1.807) is 0 Å². The van der Waals surface area contributed by atoms with Crippen molar-refractivity contribution in [1.29, 1.82) is 0 Å². The normalized spacial score (nSPS) is 15.3. The van der Waals surface area contributed by atoms with Crippen molar-refractivity contribution in [2.24, 2.45) is 0 Å². The molecular formula is C12H7F9OS. The molecule has 0 saturated carbocycles. The van der Waals surface area contributed by atoms with Crippen molar-refractivity contribution in [3.63, 3.8) is 0 Å². The van der Waals surface area contributed by atoms with Crippen molar-refractivity contribution in [2.45, 2.75) is 23.3 Å². The minimum atomic E-state index is -7.09. The van der Waals surface area contributed by atoms with E-state index in [4.69, 9.17) is 0 Å². The Morgan fingerprint density at radius 1 is 0.826 bits per heavy atom. The molecule has 1 rings (SSSR count). The van der Waals surface area contributed by atoms with E-state index >= 15 is 0 Å². The summed E-state index contributed by atoms with van der Waals surface area (Å²) in [5.74, 6) is -14.0. The lowest BCUT2D eigenvalue weighted by atomic mass is 10.1. The maximum atomic E-state index is 13.5. The standard InChI is InChI=1S/C12H7F9OS/c1-7(8-5-3-2-4-6-8)23(22)12(20,21)10(15,16)9(13,14)11(17,18)19/h2-6H,1H2. The van der Waals surface area contributed by atoms with Gasteiger partial charge in [0, 0.05) is 4.91 Å². The molecule has 0 aliphatic heterocycles. The van der Waals surface area contributed by atoms with Crippen LogP contribution in [0.15, 0.2) is 36.9 Å². The lowest BCUT2D eigenvalue weighted by Gasteiger charge is -2.33. The van der Waals surface area contributed by atoms with E-state index in [-0.39, 0.29) is 5.56 Å². The fourth-order valence-corrected chi connectivity index (χ4v) is 2.38. The molecule has 1 aromatic rings. The average Bonchev–Trinajstić information content (AvgIpc) is 2.44. The maximum Gasteiger partial charge on any atom is 0.460 e. The SMILES string of the molecule is C=C(c1ccccc1)S(=O)C(F)(F)C(F)(F)C(F)(F)C(F)(F)F. The minimum Gasteiger partial charge on any atom is -0.248 e. The van der Waals surface area contributed by atoms with E-state index in [0.29, 0.717) is 0 Å². The van der Waals surface area contributed by atoms with Gasteiger partial charge in [0.15, 0.2) is 0 Å². The number of hydrogen-bond acceptors (Lipinski definition) is 1. The Balaban J connectivity index is 3.29. The molecule has 0 aliphatic rings. The smallest absolute Gasteiger partial charge is 0.248 e. The molecule has 0 spiro atoms. The molecule has 0 radical (unpaired) electrons. The van der Waals surface area contributed by atoms with E-state index < -0.39 is 39.0 Å². The van der Waals surface area contributed by atoms with Crippen molar-refractivity contribution in [3.8, 4) is 0 Å². The molecular weight excluding hydrogens is 363 g/mol. The van der Waals surface area contributed by atoms with E-state index in [2.05, 4.69) is 6.58 Å². The van der Waals surface area contributed by atoms with Gasteiger partial charge < -0.3 is 0 Å². The monoisotopic (exact) mass is 370 g/mol. The zero-order chi connectivity index (χ0) is 18.3. The van der Waals surface area contributed by atoms with Gasteiger partial charge >= 0.3 is 23.3 Å². The second kappa shape index (κ2) is 5.84. The lowest BCUT2D eigenvalue weighted by molar-refractivity contribution is -0.381. The molecule has 23 heavy (non-hydrogen) atoms. The van der Waals surface area contributed by atoms with Crippen LogP contribution in [0.2, 0.25) is 0 Å². The van der Waals surface area contributed by atoms with Crippen molar-refractivity contribution in [1.82, 2.24) is 0 Å². The second-order valence-corrected chi connectivity index (χ2v) is 5.76. The molecule has 1 nitrogen and oxygen atoms in total. The highest BCUT2D eigenvalue weighted by atomic mass is 32.2. The van der Waals surface area contributed by atoms with Crippen LogP contribution in [-0.4, -0.2) is 27.5 Å². The highest BCUT2D eigenvalue weighted by Gasteiger charge is 2.83. The topological polar surface area (TPSA) is 17.1 Å². The highest BCUT2D eigenvalue weighted by molar-refractivity contribution is 7.95. The van der Waals surface area contributed by atoms with E-state index in [0.717, 1.165) is 12.1 Å². The van der Waals surface area contributed by atoms with Gasteiger partial charge in [0.05, 0.1) is 0 Å². The summed E-state index contributed by atoms with van der Waals surface area (Å²) in [6.45, 7) is 2.81. The van der Waals surface area contributed by atoms with E-state index in [1.807, 2.05) is 0 Å². The first kappa shape index (κ1) is 19.5. The van der Waals surface area contributed by atoms with Gasteiger partial charge in [-0.2, -0.15) is 39.5 Å². The number of halogens is 9. The summed E-state index contributed by atoms with van der Waals surface area (Å²) >= 11 is 0. The zero-order valence-electron chi connectivity index (χ0n) is 10.8. The van der Waals surface area contributed by atoms with E-state index in [9.17, 15) is 43.7 Å². The van der Waals surface area contributed by atoms with Crippen LogP contribution in [0.4, 0.5) is 39.5 Å². The number of rotatable bonds is 5. The van der Waals surface area contributed by atoms with Gasteiger partial charge in [-0.15, -0.1) is 0 Å². The van der Waals surface area contributed by atoms with Gasteiger partial charge in [-0.25, -0.2) is 4.21 Å². The van der Waals surface area contributed by atoms with Crippen LogP contribution in [0.3, 0.4) is 0 Å². The molecule has 130 valence electrons. The first-order valence-electron chi connectivity index (χ1n) is 5.54.